The maximum Gasteiger partial charge on any atom is 0.319 e. The molecule has 0 aliphatic carbocycles. The van der Waals surface area contributed by atoms with E-state index in [4.69, 9.17) is 5.11 Å². The lowest BCUT2D eigenvalue weighted by molar-refractivity contribution is 0.187. The van der Waals surface area contributed by atoms with E-state index in [1.165, 1.54) is 0 Å². The third kappa shape index (κ3) is 3.95. The molecule has 15 heavy (non-hydrogen) atoms. The number of nitrogens with one attached hydrogen (secondary N) is 2. The Balaban J connectivity index is 2.51. The van der Waals surface area contributed by atoms with Gasteiger partial charge in [-0.15, -0.1) is 0 Å². The third-order valence-corrected chi connectivity index (χ3v) is 1.79. The molecule has 0 aromatic carbocycles. The van der Waals surface area contributed by atoms with Crippen LogP contribution in [0.25, 0.3) is 0 Å². The van der Waals surface area contributed by atoms with Gasteiger partial charge in [-0.05, 0) is 26.0 Å². The maximum atomic E-state index is 11.4. The van der Waals surface area contributed by atoms with Gasteiger partial charge >= 0.3 is 6.03 Å². The molecule has 2 amide bonds. The first kappa shape index (κ1) is 11.5. The van der Waals surface area contributed by atoms with Crippen molar-refractivity contribution >= 4 is 11.7 Å². The Bertz CT molecular complexity index is 325. The van der Waals surface area contributed by atoms with Gasteiger partial charge in [0, 0.05) is 18.1 Å². The zero-order valence-corrected chi connectivity index (χ0v) is 8.82. The molecular weight excluding hydrogens is 194 g/mol. The summed E-state index contributed by atoms with van der Waals surface area (Å²) in [5.41, 5.74) is 0.0353. The van der Waals surface area contributed by atoms with Gasteiger partial charge in [-0.1, -0.05) is 0 Å². The summed E-state index contributed by atoms with van der Waals surface area (Å²) in [7, 11) is 0. The van der Waals surface area contributed by atoms with Crippen molar-refractivity contribution in [1.29, 1.82) is 0 Å². The number of aliphatic hydroxyl groups is 1. The van der Waals surface area contributed by atoms with E-state index in [-0.39, 0.29) is 12.6 Å². The van der Waals surface area contributed by atoms with E-state index < -0.39 is 5.54 Å². The standard InChI is InChI=1S/C10H15N3O2/c1-10(2,7-14)13-9(15)12-8-3-5-11-6-4-8/h3-6,14H,7H2,1-2H3,(H2,11,12,13,15). The largest absolute Gasteiger partial charge is 0.394 e. The minimum atomic E-state index is -0.628. The molecule has 3 N–H and O–H groups in total. The number of carbonyl (C=O) groups excluding carboxylic acids is 1. The van der Waals surface area contributed by atoms with Gasteiger partial charge in [0.25, 0.3) is 0 Å². The highest BCUT2D eigenvalue weighted by molar-refractivity contribution is 5.89. The summed E-state index contributed by atoms with van der Waals surface area (Å²) < 4.78 is 0. The van der Waals surface area contributed by atoms with Crippen LogP contribution in [0.2, 0.25) is 0 Å². The molecule has 0 radical (unpaired) electrons. The minimum absolute atomic E-state index is 0.114. The van der Waals surface area contributed by atoms with E-state index in [0.717, 1.165) is 0 Å². The van der Waals surface area contributed by atoms with Crippen molar-refractivity contribution in [2.75, 3.05) is 11.9 Å². The molecule has 0 aliphatic rings. The van der Waals surface area contributed by atoms with Crippen LogP contribution in [0.3, 0.4) is 0 Å². The topological polar surface area (TPSA) is 74.2 Å². The quantitative estimate of drug-likeness (QED) is 0.694. The number of carbonyl (C=O) groups is 1. The summed E-state index contributed by atoms with van der Waals surface area (Å²) in [6.45, 7) is 3.36. The van der Waals surface area contributed by atoms with Crippen LogP contribution in [-0.2, 0) is 0 Å². The van der Waals surface area contributed by atoms with Crippen LogP contribution in [0, 0.1) is 0 Å². The summed E-state index contributed by atoms with van der Waals surface area (Å²) >= 11 is 0. The number of hydrogen-bond donors (Lipinski definition) is 3. The molecule has 0 saturated carbocycles. The van der Waals surface area contributed by atoms with Gasteiger partial charge in [-0.2, -0.15) is 0 Å². The number of aromatic nitrogens is 1. The fraction of sp³-hybridized carbons (Fsp3) is 0.400. The first-order valence-electron chi connectivity index (χ1n) is 4.63. The van der Waals surface area contributed by atoms with Gasteiger partial charge in [0.2, 0.25) is 0 Å². The summed E-state index contributed by atoms with van der Waals surface area (Å²) in [4.78, 5) is 15.3. The molecule has 1 rings (SSSR count). The van der Waals surface area contributed by atoms with Gasteiger partial charge in [-0.25, -0.2) is 4.79 Å². The second kappa shape index (κ2) is 4.75. The molecule has 0 unspecified atom stereocenters. The Kier molecular flexibility index (Phi) is 3.62. The van der Waals surface area contributed by atoms with Crippen LogP contribution in [0.4, 0.5) is 10.5 Å². The Morgan fingerprint density at radius 2 is 2.07 bits per heavy atom. The summed E-state index contributed by atoms with van der Waals surface area (Å²) in [5, 5.41) is 14.2. The molecule has 0 aliphatic heterocycles. The van der Waals surface area contributed by atoms with Crippen molar-refractivity contribution in [3.05, 3.63) is 24.5 Å². The summed E-state index contributed by atoms with van der Waals surface area (Å²) in [6, 6.07) is 3.03. The van der Waals surface area contributed by atoms with Gasteiger partial charge in [0.05, 0.1) is 12.1 Å². The van der Waals surface area contributed by atoms with Crippen LogP contribution in [0.15, 0.2) is 24.5 Å². The molecule has 0 fully saturated rings. The molecule has 1 heterocycles. The van der Waals surface area contributed by atoms with Crippen LogP contribution < -0.4 is 10.6 Å². The predicted octanol–water partition coefficient (Wildman–Crippen LogP) is 0.974. The zero-order chi connectivity index (χ0) is 11.3. The van der Waals surface area contributed by atoms with Gasteiger partial charge in [-0.3, -0.25) is 4.98 Å². The normalized spacial score (nSPS) is 10.9. The van der Waals surface area contributed by atoms with Crippen molar-refractivity contribution < 1.29 is 9.90 Å². The first-order chi connectivity index (χ1) is 7.03. The average Bonchev–Trinajstić information content (AvgIpc) is 2.18. The third-order valence-electron chi connectivity index (χ3n) is 1.79. The van der Waals surface area contributed by atoms with Crippen LogP contribution in [0.5, 0.6) is 0 Å². The lowest BCUT2D eigenvalue weighted by Crippen LogP contribution is -2.48. The van der Waals surface area contributed by atoms with Gasteiger partial charge in [0.15, 0.2) is 0 Å². The number of hydrogen-bond acceptors (Lipinski definition) is 3. The Labute approximate surface area is 88.5 Å². The number of nitrogens with zero attached hydrogens (tertiary/aromatic N) is 1. The molecule has 0 spiro atoms. The van der Waals surface area contributed by atoms with E-state index in [0.29, 0.717) is 5.69 Å². The molecule has 82 valence electrons. The molecule has 1 aromatic heterocycles. The van der Waals surface area contributed by atoms with E-state index in [1.54, 1.807) is 38.4 Å². The number of anilines is 1. The highest BCUT2D eigenvalue weighted by atomic mass is 16.3. The summed E-state index contributed by atoms with van der Waals surface area (Å²) in [5.74, 6) is 0. The van der Waals surface area contributed by atoms with Crippen molar-refractivity contribution in [3.8, 4) is 0 Å². The van der Waals surface area contributed by atoms with E-state index in [2.05, 4.69) is 15.6 Å². The molecule has 5 heteroatoms. The highest BCUT2D eigenvalue weighted by Crippen LogP contribution is 2.04. The Hall–Kier alpha value is -1.62. The Morgan fingerprint density at radius 3 is 2.60 bits per heavy atom. The first-order valence-corrected chi connectivity index (χ1v) is 4.63. The number of amides is 2. The molecular formula is C10H15N3O2. The smallest absolute Gasteiger partial charge is 0.319 e. The molecule has 0 bridgehead atoms. The fourth-order valence-electron chi connectivity index (χ4n) is 0.944. The average molecular weight is 209 g/mol. The molecule has 0 atom stereocenters. The number of urea groups is 1. The predicted molar refractivity (Wildman–Crippen MR) is 57.6 cm³/mol. The molecule has 1 aromatic rings. The van der Waals surface area contributed by atoms with E-state index in [9.17, 15) is 4.79 Å². The number of aliphatic hydroxyl groups excluding tert-OH is 1. The Morgan fingerprint density at radius 1 is 1.47 bits per heavy atom. The van der Waals surface area contributed by atoms with Crippen molar-refractivity contribution in [1.82, 2.24) is 10.3 Å². The second-order valence-electron chi connectivity index (χ2n) is 3.86. The lowest BCUT2D eigenvalue weighted by Gasteiger charge is -2.23. The maximum absolute atomic E-state index is 11.4. The fourth-order valence-corrected chi connectivity index (χ4v) is 0.944. The van der Waals surface area contributed by atoms with Crippen LogP contribution in [-0.4, -0.2) is 28.3 Å². The van der Waals surface area contributed by atoms with E-state index >= 15 is 0 Å². The molecule has 5 nitrogen and oxygen atoms in total. The monoisotopic (exact) mass is 209 g/mol. The van der Waals surface area contributed by atoms with Crippen molar-refractivity contribution in [2.24, 2.45) is 0 Å². The van der Waals surface area contributed by atoms with Crippen LogP contribution >= 0.6 is 0 Å². The van der Waals surface area contributed by atoms with Crippen molar-refractivity contribution in [3.63, 3.8) is 0 Å². The zero-order valence-electron chi connectivity index (χ0n) is 8.82. The summed E-state index contributed by atoms with van der Waals surface area (Å²) in [6.07, 6.45) is 3.18. The minimum Gasteiger partial charge on any atom is -0.394 e. The van der Waals surface area contributed by atoms with Gasteiger partial charge in [0.1, 0.15) is 0 Å². The number of pyridine rings is 1. The molecule has 0 saturated heterocycles. The number of rotatable bonds is 3. The lowest BCUT2D eigenvalue weighted by atomic mass is 10.1. The van der Waals surface area contributed by atoms with E-state index in [1.807, 2.05) is 0 Å². The second-order valence-corrected chi connectivity index (χ2v) is 3.86. The van der Waals surface area contributed by atoms with Crippen molar-refractivity contribution in [2.45, 2.75) is 19.4 Å². The highest BCUT2D eigenvalue weighted by Gasteiger charge is 2.18. The SMILES string of the molecule is CC(C)(CO)NC(=O)Nc1ccncc1. The van der Waals surface area contributed by atoms with Crippen LogP contribution in [0.1, 0.15) is 13.8 Å². The van der Waals surface area contributed by atoms with Gasteiger partial charge < -0.3 is 15.7 Å².